The van der Waals surface area contributed by atoms with Gasteiger partial charge < -0.3 is 20.1 Å². The minimum atomic E-state index is -0.208. The molecule has 1 amide bonds. The zero-order chi connectivity index (χ0) is 24.5. The lowest BCUT2D eigenvalue weighted by Gasteiger charge is -2.09. The minimum Gasteiger partial charge on any atom is -0.507 e. The summed E-state index contributed by atoms with van der Waals surface area (Å²) in [6.45, 7) is 2.30. The van der Waals surface area contributed by atoms with Crippen molar-refractivity contribution < 1.29 is 14.6 Å². The Morgan fingerprint density at radius 2 is 2.00 bits per heavy atom. The molecular formula is C26H24N6O3. The van der Waals surface area contributed by atoms with Crippen molar-refractivity contribution in [3.05, 3.63) is 77.7 Å². The third-order valence-electron chi connectivity index (χ3n) is 5.87. The van der Waals surface area contributed by atoms with Gasteiger partial charge in [0.05, 0.1) is 35.9 Å². The third kappa shape index (κ3) is 4.31. The molecule has 0 bridgehead atoms. The van der Waals surface area contributed by atoms with Crippen LogP contribution in [0.1, 0.15) is 21.7 Å². The summed E-state index contributed by atoms with van der Waals surface area (Å²) in [5.41, 5.74) is 5.84. The lowest BCUT2D eigenvalue weighted by Crippen LogP contribution is -2.23. The number of H-pyrrole nitrogens is 1. The van der Waals surface area contributed by atoms with E-state index in [1.807, 2.05) is 38.2 Å². The number of nitrogens with one attached hydrogen (secondary N) is 2. The van der Waals surface area contributed by atoms with Crippen molar-refractivity contribution in [1.82, 2.24) is 30.0 Å². The Hall–Kier alpha value is -4.66. The molecule has 3 heterocycles. The van der Waals surface area contributed by atoms with Crippen molar-refractivity contribution in [2.45, 2.75) is 13.5 Å². The summed E-state index contributed by atoms with van der Waals surface area (Å²) in [4.78, 5) is 24.8. The number of rotatable bonds is 6. The topological polar surface area (TPSA) is 118 Å². The maximum Gasteiger partial charge on any atom is 0.251 e. The number of hydrogen-bond donors (Lipinski definition) is 3. The molecule has 0 spiro atoms. The fourth-order valence-electron chi connectivity index (χ4n) is 3.94. The van der Waals surface area contributed by atoms with Crippen LogP contribution in [0.25, 0.3) is 33.5 Å². The number of nitrogens with zero attached hydrogens (tertiary/aromatic N) is 4. The van der Waals surface area contributed by atoms with Crippen LogP contribution in [-0.4, -0.2) is 42.9 Å². The number of carbonyl (C=O) groups excluding carboxylic acids is 1. The van der Waals surface area contributed by atoms with Crippen LogP contribution < -0.4 is 10.1 Å². The number of carbonyl (C=O) groups is 1. The van der Waals surface area contributed by atoms with E-state index in [0.717, 1.165) is 22.5 Å². The highest BCUT2D eigenvalue weighted by Gasteiger charge is 2.15. The van der Waals surface area contributed by atoms with Gasteiger partial charge in [-0.1, -0.05) is 6.07 Å². The summed E-state index contributed by atoms with van der Waals surface area (Å²) in [5, 5.41) is 17.8. The first-order valence-corrected chi connectivity index (χ1v) is 11.0. The number of ether oxygens (including phenoxy) is 1. The van der Waals surface area contributed by atoms with E-state index < -0.39 is 0 Å². The smallest absolute Gasteiger partial charge is 0.251 e. The van der Waals surface area contributed by atoms with Gasteiger partial charge in [0.1, 0.15) is 11.6 Å². The van der Waals surface area contributed by atoms with E-state index in [-0.39, 0.29) is 11.7 Å². The molecule has 0 radical (unpaired) electrons. The summed E-state index contributed by atoms with van der Waals surface area (Å²) < 4.78 is 7.15. The molecule has 9 heteroatoms. The molecule has 0 atom stereocenters. The van der Waals surface area contributed by atoms with Crippen molar-refractivity contribution in [3.8, 4) is 34.1 Å². The van der Waals surface area contributed by atoms with Crippen LogP contribution in [0.5, 0.6) is 11.6 Å². The van der Waals surface area contributed by atoms with Crippen LogP contribution in [0, 0.1) is 6.92 Å². The van der Waals surface area contributed by atoms with Crippen LogP contribution in [0.3, 0.4) is 0 Å². The Balaban J connectivity index is 1.42. The predicted octanol–water partition coefficient (Wildman–Crippen LogP) is 3.98. The van der Waals surface area contributed by atoms with Crippen LogP contribution in [0.15, 0.2) is 60.8 Å². The van der Waals surface area contributed by atoms with E-state index in [1.54, 1.807) is 48.3 Å². The lowest BCUT2D eigenvalue weighted by molar-refractivity contribution is 0.0950. The normalized spacial score (nSPS) is 11.1. The van der Waals surface area contributed by atoms with Gasteiger partial charge in [-0.25, -0.2) is 9.97 Å². The van der Waals surface area contributed by atoms with Gasteiger partial charge in [0, 0.05) is 30.1 Å². The molecule has 9 nitrogen and oxygen atoms in total. The molecular weight excluding hydrogens is 444 g/mol. The molecule has 0 saturated carbocycles. The van der Waals surface area contributed by atoms with Crippen molar-refractivity contribution in [2.24, 2.45) is 7.05 Å². The molecule has 0 aliphatic rings. The fraction of sp³-hybridized carbons (Fsp3) is 0.154. The SMILES string of the molecule is COc1ncccc1-c1ccc(O)c(-c2nc3ccc(C(=O)NCc4cc(C)n(C)n4)cc3[nH]2)c1. The number of imidazole rings is 1. The number of benzene rings is 2. The predicted molar refractivity (Wildman–Crippen MR) is 132 cm³/mol. The van der Waals surface area contributed by atoms with Gasteiger partial charge in [-0.15, -0.1) is 0 Å². The number of aromatic amines is 1. The second-order valence-corrected chi connectivity index (χ2v) is 8.19. The number of amides is 1. The first kappa shape index (κ1) is 22.1. The number of hydrogen-bond acceptors (Lipinski definition) is 6. The number of pyridine rings is 1. The molecule has 0 aliphatic carbocycles. The van der Waals surface area contributed by atoms with Crippen LogP contribution in [-0.2, 0) is 13.6 Å². The van der Waals surface area contributed by atoms with Gasteiger partial charge in [0.2, 0.25) is 5.88 Å². The number of methoxy groups -OCH3 is 1. The van der Waals surface area contributed by atoms with E-state index >= 15 is 0 Å². The number of phenolic OH excluding ortho intramolecular Hbond substituents is 1. The second-order valence-electron chi connectivity index (χ2n) is 8.19. The Bertz CT molecular complexity index is 1530. The molecule has 0 saturated heterocycles. The van der Waals surface area contributed by atoms with Gasteiger partial charge in [-0.05, 0) is 61.0 Å². The molecule has 35 heavy (non-hydrogen) atoms. The molecule has 0 aliphatic heterocycles. The van der Waals surface area contributed by atoms with Crippen LogP contribution >= 0.6 is 0 Å². The quantitative estimate of drug-likeness (QED) is 0.347. The first-order chi connectivity index (χ1) is 16.9. The molecule has 0 unspecified atom stereocenters. The Morgan fingerprint density at radius 3 is 2.77 bits per heavy atom. The summed E-state index contributed by atoms with van der Waals surface area (Å²) >= 11 is 0. The molecule has 5 aromatic rings. The van der Waals surface area contributed by atoms with Crippen molar-refractivity contribution in [1.29, 1.82) is 0 Å². The van der Waals surface area contributed by atoms with E-state index in [0.29, 0.717) is 40.4 Å². The van der Waals surface area contributed by atoms with Gasteiger partial charge in [-0.2, -0.15) is 5.10 Å². The Labute approximate surface area is 201 Å². The largest absolute Gasteiger partial charge is 0.507 e. The fourth-order valence-corrected chi connectivity index (χ4v) is 3.94. The first-order valence-electron chi connectivity index (χ1n) is 11.0. The highest BCUT2D eigenvalue weighted by Crippen LogP contribution is 2.35. The Morgan fingerprint density at radius 1 is 1.14 bits per heavy atom. The maximum atomic E-state index is 12.7. The number of aryl methyl sites for hydroxylation is 2. The molecule has 3 aromatic heterocycles. The lowest BCUT2D eigenvalue weighted by atomic mass is 10.0. The monoisotopic (exact) mass is 468 g/mol. The number of aromatic hydroxyl groups is 1. The van der Waals surface area contributed by atoms with Crippen molar-refractivity contribution in [2.75, 3.05) is 7.11 Å². The van der Waals surface area contributed by atoms with Gasteiger partial charge in [-0.3, -0.25) is 9.48 Å². The van der Waals surface area contributed by atoms with Gasteiger partial charge >= 0.3 is 0 Å². The van der Waals surface area contributed by atoms with Crippen LogP contribution in [0.4, 0.5) is 0 Å². The molecule has 5 rings (SSSR count). The third-order valence-corrected chi connectivity index (χ3v) is 5.87. The molecule has 0 fully saturated rings. The van der Waals surface area contributed by atoms with E-state index in [9.17, 15) is 9.90 Å². The highest BCUT2D eigenvalue weighted by molar-refractivity contribution is 5.97. The molecule has 2 aromatic carbocycles. The van der Waals surface area contributed by atoms with Gasteiger partial charge in [0.25, 0.3) is 5.91 Å². The zero-order valence-electron chi connectivity index (χ0n) is 19.5. The van der Waals surface area contributed by atoms with Crippen molar-refractivity contribution >= 4 is 16.9 Å². The molecule has 176 valence electrons. The number of aromatic nitrogens is 5. The van der Waals surface area contributed by atoms with E-state index in [4.69, 9.17) is 4.74 Å². The van der Waals surface area contributed by atoms with E-state index in [2.05, 4.69) is 25.4 Å². The summed E-state index contributed by atoms with van der Waals surface area (Å²) in [6.07, 6.45) is 1.66. The van der Waals surface area contributed by atoms with E-state index in [1.165, 1.54) is 0 Å². The summed E-state index contributed by atoms with van der Waals surface area (Å²) in [7, 11) is 3.43. The van der Waals surface area contributed by atoms with Gasteiger partial charge in [0.15, 0.2) is 0 Å². The summed E-state index contributed by atoms with van der Waals surface area (Å²) in [6, 6.07) is 16.2. The average molecular weight is 469 g/mol. The average Bonchev–Trinajstić information content (AvgIpc) is 3.44. The number of phenols is 1. The zero-order valence-corrected chi connectivity index (χ0v) is 19.5. The van der Waals surface area contributed by atoms with Crippen LogP contribution in [0.2, 0.25) is 0 Å². The maximum absolute atomic E-state index is 12.7. The second kappa shape index (κ2) is 8.94. The standard InChI is InChI=1S/C26H24N6O3/c1-15-11-18(31-32(15)2)14-28-25(34)17-6-8-21-22(13-17)30-24(29-21)20-12-16(7-9-23(20)33)19-5-4-10-27-26(19)35-3/h4-13,33H,14H2,1-3H3,(H,28,34)(H,29,30). The number of fused-ring (bicyclic) bond motifs is 1. The summed E-state index contributed by atoms with van der Waals surface area (Å²) in [5.74, 6) is 0.855. The Kier molecular flexibility index (Phi) is 5.66. The highest BCUT2D eigenvalue weighted by atomic mass is 16.5. The minimum absolute atomic E-state index is 0.0827. The van der Waals surface area contributed by atoms with Crippen molar-refractivity contribution in [3.63, 3.8) is 0 Å². The molecule has 3 N–H and O–H groups in total.